The second kappa shape index (κ2) is 6.32. The number of aromatic amines is 1. The Labute approximate surface area is 132 Å². The number of ether oxygens (including phenoxy) is 1. The maximum absolute atomic E-state index is 12.0. The summed E-state index contributed by atoms with van der Waals surface area (Å²) < 4.78 is 6.24. The Bertz CT molecular complexity index is 836. The highest BCUT2D eigenvalue weighted by Gasteiger charge is 2.18. The molecule has 1 N–H and O–H groups in total. The Morgan fingerprint density at radius 1 is 1.23 bits per heavy atom. The van der Waals surface area contributed by atoms with E-state index >= 15 is 0 Å². The fourth-order valence-corrected chi connectivity index (χ4v) is 2.60. The van der Waals surface area contributed by atoms with Crippen LogP contribution in [0.4, 0.5) is 0 Å². The van der Waals surface area contributed by atoms with Gasteiger partial charge >= 0.3 is 0 Å². The summed E-state index contributed by atoms with van der Waals surface area (Å²) in [6, 6.07) is 7.43. The Morgan fingerprint density at radius 3 is 2.41 bits per heavy atom. The van der Waals surface area contributed by atoms with Crippen molar-refractivity contribution < 1.29 is 9.53 Å². The largest absolute Gasteiger partial charge is 0.497 e. The molecule has 0 aliphatic heterocycles. The number of benzene rings is 1. The van der Waals surface area contributed by atoms with Crippen LogP contribution < -0.4 is 19.5 Å². The molecular weight excluding hydrogens is 298 g/mol. The number of thiazole rings is 1. The first-order chi connectivity index (χ1) is 10.3. The molecule has 0 atom stereocenters. The molecule has 4 nitrogen and oxygen atoms in total. The number of methoxy groups -OCH3 is 1. The van der Waals surface area contributed by atoms with E-state index in [1.807, 2.05) is 45.0 Å². The van der Waals surface area contributed by atoms with Crippen LogP contribution in [0, 0.1) is 5.41 Å². The summed E-state index contributed by atoms with van der Waals surface area (Å²) in [6.07, 6.45) is 3.29. The third-order valence-corrected chi connectivity index (χ3v) is 4.06. The normalized spacial score (nSPS) is 13.5. The van der Waals surface area contributed by atoms with Crippen LogP contribution in [-0.4, -0.2) is 17.9 Å². The van der Waals surface area contributed by atoms with E-state index in [0.29, 0.717) is 9.20 Å². The first-order valence-electron chi connectivity index (χ1n) is 6.90. The molecule has 116 valence electrons. The lowest BCUT2D eigenvalue weighted by molar-refractivity contribution is -0.119. The van der Waals surface area contributed by atoms with E-state index in [-0.39, 0.29) is 11.3 Å². The summed E-state index contributed by atoms with van der Waals surface area (Å²) >= 11 is 1.28. The molecule has 0 unspecified atom stereocenters. The van der Waals surface area contributed by atoms with Crippen LogP contribution in [0.3, 0.4) is 0 Å². The lowest BCUT2D eigenvalue weighted by Gasteiger charge is -2.12. The molecule has 2 aromatic rings. The molecule has 0 saturated heterocycles. The maximum Gasteiger partial charge on any atom is 0.266 e. The lowest BCUT2D eigenvalue weighted by atomic mass is 9.91. The van der Waals surface area contributed by atoms with Gasteiger partial charge in [-0.05, 0) is 23.8 Å². The van der Waals surface area contributed by atoms with E-state index in [1.54, 1.807) is 13.2 Å². The number of hydrogen-bond acceptors (Lipinski definition) is 4. The molecule has 0 radical (unpaired) electrons. The standard InChI is InChI=1S/C17H19NO3S/c1-17(2,3)14(19)10-15-18-16(20)13(22-15)9-11-5-7-12(21-4)8-6-11/h5-10H,1-4H3,(H,18,20)/b13-9-,15-10-. The Hall–Kier alpha value is -2.14. The average molecular weight is 317 g/mol. The second-order valence-corrected chi connectivity index (χ2v) is 7.04. The minimum Gasteiger partial charge on any atom is -0.497 e. The van der Waals surface area contributed by atoms with Crippen LogP contribution in [0.2, 0.25) is 0 Å². The molecule has 0 saturated carbocycles. The number of nitrogens with one attached hydrogen (secondary N) is 1. The van der Waals surface area contributed by atoms with Gasteiger partial charge in [-0.25, -0.2) is 0 Å². The Morgan fingerprint density at radius 2 is 1.86 bits per heavy atom. The van der Waals surface area contributed by atoms with E-state index < -0.39 is 5.41 Å². The van der Waals surface area contributed by atoms with Crippen LogP contribution >= 0.6 is 11.3 Å². The molecule has 0 aliphatic carbocycles. The molecule has 0 spiro atoms. The number of aromatic nitrogens is 1. The van der Waals surface area contributed by atoms with Gasteiger partial charge in [-0.15, -0.1) is 11.3 Å². The molecule has 0 aliphatic rings. The van der Waals surface area contributed by atoms with E-state index in [9.17, 15) is 9.59 Å². The smallest absolute Gasteiger partial charge is 0.266 e. The van der Waals surface area contributed by atoms with Gasteiger partial charge in [-0.3, -0.25) is 9.59 Å². The average Bonchev–Trinajstić information content (AvgIpc) is 2.78. The summed E-state index contributed by atoms with van der Waals surface area (Å²) in [5, 5.41) is 0. The minimum absolute atomic E-state index is 0.0130. The molecule has 1 aromatic heterocycles. The monoisotopic (exact) mass is 317 g/mol. The van der Waals surface area contributed by atoms with Gasteiger partial charge in [0.15, 0.2) is 5.78 Å². The van der Waals surface area contributed by atoms with Gasteiger partial charge < -0.3 is 9.72 Å². The fraction of sp³-hybridized carbons (Fsp3) is 0.294. The van der Waals surface area contributed by atoms with E-state index in [0.717, 1.165) is 11.3 Å². The highest BCUT2D eigenvalue weighted by molar-refractivity contribution is 7.07. The van der Waals surface area contributed by atoms with Crippen LogP contribution in [0.25, 0.3) is 12.2 Å². The van der Waals surface area contributed by atoms with Gasteiger partial charge in [0.1, 0.15) is 5.75 Å². The van der Waals surface area contributed by atoms with Gasteiger partial charge in [0.25, 0.3) is 5.56 Å². The van der Waals surface area contributed by atoms with Crippen molar-refractivity contribution in [2.24, 2.45) is 5.41 Å². The zero-order valence-corrected chi connectivity index (χ0v) is 13.9. The number of rotatable bonds is 3. The third-order valence-electron chi connectivity index (χ3n) is 3.10. The summed E-state index contributed by atoms with van der Waals surface area (Å²) in [4.78, 5) is 26.7. The summed E-state index contributed by atoms with van der Waals surface area (Å²) in [5.74, 6) is 0.753. The zero-order chi connectivity index (χ0) is 16.3. The second-order valence-electron chi connectivity index (χ2n) is 5.96. The van der Waals surface area contributed by atoms with Gasteiger partial charge in [-0.2, -0.15) is 0 Å². The highest BCUT2D eigenvalue weighted by Crippen LogP contribution is 2.14. The molecule has 1 heterocycles. The molecule has 22 heavy (non-hydrogen) atoms. The Balaban J connectivity index is 2.41. The van der Waals surface area contributed by atoms with E-state index in [2.05, 4.69) is 4.98 Å². The maximum atomic E-state index is 12.0. The number of hydrogen-bond donors (Lipinski definition) is 1. The number of Topliss-reactive ketones (excluding diaryl/α,β-unsaturated/α-hetero) is 1. The van der Waals surface area contributed by atoms with Gasteiger partial charge in [0.2, 0.25) is 0 Å². The predicted octanol–water partition coefficient (Wildman–Crippen LogP) is 1.67. The fourth-order valence-electron chi connectivity index (χ4n) is 1.71. The van der Waals surface area contributed by atoms with E-state index in [1.165, 1.54) is 17.4 Å². The van der Waals surface area contributed by atoms with E-state index in [4.69, 9.17) is 4.74 Å². The quantitative estimate of drug-likeness (QED) is 0.937. The molecule has 2 rings (SSSR count). The van der Waals surface area contributed by atoms with Crippen molar-refractivity contribution in [3.63, 3.8) is 0 Å². The first-order valence-corrected chi connectivity index (χ1v) is 7.72. The van der Waals surface area contributed by atoms with Gasteiger partial charge in [0.05, 0.1) is 16.3 Å². The van der Waals surface area contributed by atoms with Crippen LogP contribution in [0.15, 0.2) is 29.1 Å². The van der Waals surface area contributed by atoms with Gasteiger partial charge in [0, 0.05) is 11.5 Å². The first kappa shape index (κ1) is 16.2. The van der Waals surface area contributed by atoms with Crippen molar-refractivity contribution in [2.45, 2.75) is 20.8 Å². The topological polar surface area (TPSA) is 59.2 Å². The van der Waals surface area contributed by atoms with Gasteiger partial charge in [-0.1, -0.05) is 32.9 Å². The summed E-state index contributed by atoms with van der Waals surface area (Å²) in [6.45, 7) is 5.55. The number of ketones is 1. The van der Waals surface area contributed by atoms with Crippen LogP contribution in [0.5, 0.6) is 5.75 Å². The minimum atomic E-state index is -0.458. The number of carbonyl (C=O) groups excluding carboxylic acids is 1. The number of H-pyrrole nitrogens is 1. The summed E-state index contributed by atoms with van der Waals surface area (Å²) in [5.41, 5.74) is 0.261. The van der Waals surface area contributed by atoms with Crippen molar-refractivity contribution in [3.05, 3.63) is 49.4 Å². The molecule has 5 heteroatoms. The molecule has 0 fully saturated rings. The molecular formula is C17H19NO3S. The predicted molar refractivity (Wildman–Crippen MR) is 89.7 cm³/mol. The van der Waals surface area contributed by atoms with Crippen LogP contribution in [-0.2, 0) is 4.79 Å². The SMILES string of the molecule is COc1ccc(/C=c2\s/c(=C\C(=O)C(C)(C)C)[nH]c2=O)cc1. The summed E-state index contributed by atoms with van der Waals surface area (Å²) in [7, 11) is 1.61. The molecule has 1 aromatic carbocycles. The van der Waals surface area contributed by atoms with Crippen molar-refractivity contribution in [3.8, 4) is 5.75 Å². The lowest BCUT2D eigenvalue weighted by Crippen LogP contribution is -2.22. The van der Waals surface area contributed by atoms with Crippen molar-refractivity contribution in [1.29, 1.82) is 0 Å². The Kier molecular flexibility index (Phi) is 4.66. The highest BCUT2D eigenvalue weighted by atomic mass is 32.1. The third kappa shape index (κ3) is 3.95. The van der Waals surface area contributed by atoms with Crippen molar-refractivity contribution in [1.82, 2.24) is 4.98 Å². The molecule has 0 amide bonds. The zero-order valence-electron chi connectivity index (χ0n) is 13.1. The van der Waals surface area contributed by atoms with Crippen molar-refractivity contribution in [2.75, 3.05) is 7.11 Å². The van der Waals surface area contributed by atoms with Crippen molar-refractivity contribution >= 4 is 29.3 Å². The number of carbonyl (C=O) groups is 1. The molecule has 0 bridgehead atoms. The van der Waals surface area contributed by atoms with Crippen LogP contribution in [0.1, 0.15) is 26.3 Å².